The topological polar surface area (TPSA) is 84.6 Å². The lowest BCUT2D eigenvalue weighted by Gasteiger charge is -2.12. The molecule has 21 heavy (non-hydrogen) atoms. The van der Waals surface area contributed by atoms with Crippen LogP contribution in [0.3, 0.4) is 0 Å². The van der Waals surface area contributed by atoms with E-state index < -0.39 is 4.92 Å². The first-order valence-electron chi connectivity index (χ1n) is 6.05. The maximum Gasteiger partial charge on any atom is 0.273 e. The van der Waals surface area contributed by atoms with Gasteiger partial charge in [0, 0.05) is 18.2 Å². The number of phenols is 1. The molecule has 0 amide bonds. The number of aromatic hydroxyl groups is 1. The van der Waals surface area contributed by atoms with Crippen LogP contribution < -0.4 is 10.1 Å². The van der Waals surface area contributed by atoms with Gasteiger partial charge in [0.15, 0.2) is 0 Å². The molecule has 2 rings (SSSR count). The summed E-state index contributed by atoms with van der Waals surface area (Å²) < 4.78 is 5.12. The first kappa shape index (κ1) is 14.9. The fourth-order valence-electron chi connectivity index (χ4n) is 1.83. The Hall–Kier alpha value is -2.47. The first-order valence-corrected chi connectivity index (χ1v) is 6.43. The van der Waals surface area contributed by atoms with E-state index in [0.29, 0.717) is 23.5 Å². The molecule has 0 saturated carbocycles. The summed E-state index contributed by atoms with van der Waals surface area (Å²) in [6.07, 6.45) is 0. The third kappa shape index (κ3) is 3.35. The van der Waals surface area contributed by atoms with Crippen LogP contribution in [0.4, 0.5) is 11.4 Å². The lowest BCUT2D eigenvalue weighted by Crippen LogP contribution is -2.02. The number of phenolic OH excluding ortho intramolecular Hbond substituents is 1. The highest BCUT2D eigenvalue weighted by molar-refractivity contribution is 6.32. The molecule has 2 aromatic rings. The van der Waals surface area contributed by atoms with Crippen LogP contribution in [0.15, 0.2) is 36.4 Å². The maximum atomic E-state index is 10.7. The normalized spacial score (nSPS) is 10.2. The molecule has 0 saturated heterocycles. The molecule has 0 bridgehead atoms. The molecule has 0 atom stereocenters. The van der Waals surface area contributed by atoms with Gasteiger partial charge in [-0.25, -0.2) is 0 Å². The van der Waals surface area contributed by atoms with Gasteiger partial charge in [-0.3, -0.25) is 10.1 Å². The molecule has 0 unspecified atom stereocenters. The van der Waals surface area contributed by atoms with E-state index in [0.717, 1.165) is 0 Å². The molecule has 0 spiro atoms. The fraction of sp³-hybridized carbons (Fsp3) is 0.143. The Morgan fingerprint density at radius 3 is 2.81 bits per heavy atom. The highest BCUT2D eigenvalue weighted by Crippen LogP contribution is 2.31. The third-order valence-corrected chi connectivity index (χ3v) is 3.24. The molecular weight excluding hydrogens is 296 g/mol. The second-order valence-electron chi connectivity index (χ2n) is 4.24. The van der Waals surface area contributed by atoms with Crippen LogP contribution in [0.1, 0.15) is 5.56 Å². The first-order chi connectivity index (χ1) is 10.0. The summed E-state index contributed by atoms with van der Waals surface area (Å²) in [6, 6.07) is 9.31. The van der Waals surface area contributed by atoms with Crippen LogP contribution in [0.5, 0.6) is 11.5 Å². The van der Waals surface area contributed by atoms with E-state index in [4.69, 9.17) is 16.3 Å². The number of non-ortho nitro benzene ring substituents is 1. The zero-order valence-electron chi connectivity index (χ0n) is 11.2. The Morgan fingerprint density at radius 1 is 1.38 bits per heavy atom. The average Bonchev–Trinajstić information content (AvgIpc) is 2.48. The Morgan fingerprint density at radius 2 is 2.14 bits per heavy atom. The number of nitro benzene ring substituents is 1. The second kappa shape index (κ2) is 6.32. The molecule has 0 aliphatic heterocycles. The van der Waals surface area contributed by atoms with Crippen LogP contribution in [0, 0.1) is 10.1 Å². The molecular formula is C14H13ClN2O4. The van der Waals surface area contributed by atoms with E-state index in [2.05, 4.69) is 5.32 Å². The lowest BCUT2D eigenvalue weighted by atomic mass is 10.2. The average molecular weight is 309 g/mol. The van der Waals surface area contributed by atoms with Crippen molar-refractivity contribution in [1.82, 2.24) is 0 Å². The van der Waals surface area contributed by atoms with Gasteiger partial charge in [-0.15, -0.1) is 0 Å². The lowest BCUT2D eigenvalue weighted by molar-refractivity contribution is -0.384. The number of hydrogen-bond donors (Lipinski definition) is 2. The van der Waals surface area contributed by atoms with Crippen LogP contribution >= 0.6 is 11.6 Å². The zero-order chi connectivity index (χ0) is 15.4. The van der Waals surface area contributed by atoms with Crippen molar-refractivity contribution in [3.63, 3.8) is 0 Å². The summed E-state index contributed by atoms with van der Waals surface area (Å²) in [7, 11) is 1.43. The number of para-hydroxylation sites is 1. The van der Waals surface area contributed by atoms with Crippen molar-refractivity contribution in [3.8, 4) is 11.5 Å². The van der Waals surface area contributed by atoms with Crippen molar-refractivity contribution >= 4 is 23.0 Å². The minimum absolute atomic E-state index is 0.00699. The molecule has 0 aliphatic carbocycles. The van der Waals surface area contributed by atoms with Crippen molar-refractivity contribution in [2.75, 3.05) is 12.4 Å². The second-order valence-corrected chi connectivity index (χ2v) is 4.65. The minimum atomic E-state index is -0.491. The van der Waals surface area contributed by atoms with Gasteiger partial charge in [-0.05, 0) is 12.1 Å². The van der Waals surface area contributed by atoms with E-state index in [1.165, 1.54) is 19.2 Å². The Balaban J connectivity index is 2.20. The van der Waals surface area contributed by atoms with Crippen molar-refractivity contribution < 1.29 is 14.8 Å². The molecule has 0 aliphatic rings. The number of halogens is 1. The summed E-state index contributed by atoms with van der Waals surface area (Å²) in [5, 5.41) is 23.9. The largest absolute Gasteiger partial charge is 0.506 e. The number of nitrogens with one attached hydrogen (secondary N) is 1. The van der Waals surface area contributed by atoms with Crippen LogP contribution in [-0.4, -0.2) is 17.1 Å². The predicted octanol–water partition coefficient (Wildman–Crippen LogP) is 3.57. The van der Waals surface area contributed by atoms with E-state index in [9.17, 15) is 15.2 Å². The number of nitrogens with zero attached hydrogens (tertiary/aromatic N) is 1. The van der Waals surface area contributed by atoms with E-state index in [1.807, 2.05) is 0 Å². The molecule has 0 fully saturated rings. The van der Waals surface area contributed by atoms with Crippen molar-refractivity contribution in [2.45, 2.75) is 6.54 Å². The smallest absolute Gasteiger partial charge is 0.273 e. The van der Waals surface area contributed by atoms with Crippen molar-refractivity contribution in [2.24, 2.45) is 0 Å². The Labute approximate surface area is 126 Å². The highest BCUT2D eigenvalue weighted by atomic mass is 35.5. The van der Waals surface area contributed by atoms with E-state index >= 15 is 0 Å². The van der Waals surface area contributed by atoms with Crippen LogP contribution in [0.25, 0.3) is 0 Å². The quantitative estimate of drug-likeness (QED) is 0.651. The molecule has 6 nitrogen and oxygen atoms in total. The van der Waals surface area contributed by atoms with Crippen molar-refractivity contribution in [3.05, 3.63) is 57.1 Å². The number of hydrogen-bond acceptors (Lipinski definition) is 5. The van der Waals surface area contributed by atoms with Gasteiger partial charge in [0.05, 0.1) is 28.8 Å². The fourth-order valence-corrected chi connectivity index (χ4v) is 2.03. The van der Waals surface area contributed by atoms with Gasteiger partial charge >= 0.3 is 0 Å². The van der Waals surface area contributed by atoms with Crippen molar-refractivity contribution in [1.29, 1.82) is 0 Å². The summed E-state index contributed by atoms with van der Waals surface area (Å²) in [6.45, 7) is 0.306. The Kier molecular flexibility index (Phi) is 4.49. The standard InChI is InChI=1S/C14H13ClN2O4/c1-21-13-7-10(17(19)20)5-6-12(13)16-8-9-3-2-4-11(15)14(9)18/h2-7,16,18H,8H2,1H3. The predicted molar refractivity (Wildman–Crippen MR) is 80.1 cm³/mol. The van der Waals surface area contributed by atoms with E-state index in [1.54, 1.807) is 24.3 Å². The Bertz CT molecular complexity index is 676. The zero-order valence-corrected chi connectivity index (χ0v) is 11.9. The minimum Gasteiger partial charge on any atom is -0.506 e. The third-order valence-electron chi connectivity index (χ3n) is 2.94. The molecule has 2 N–H and O–H groups in total. The molecule has 110 valence electrons. The summed E-state index contributed by atoms with van der Waals surface area (Å²) >= 11 is 5.83. The molecule has 0 heterocycles. The highest BCUT2D eigenvalue weighted by Gasteiger charge is 2.12. The summed E-state index contributed by atoms with van der Waals surface area (Å²) in [5.74, 6) is 0.360. The summed E-state index contributed by atoms with van der Waals surface area (Å²) in [5.41, 5.74) is 1.15. The van der Waals surface area contributed by atoms with Gasteiger partial charge in [0.2, 0.25) is 0 Å². The summed E-state index contributed by atoms with van der Waals surface area (Å²) in [4.78, 5) is 10.2. The number of rotatable bonds is 5. The number of benzene rings is 2. The van der Waals surface area contributed by atoms with Crippen LogP contribution in [0.2, 0.25) is 5.02 Å². The van der Waals surface area contributed by atoms with Gasteiger partial charge in [-0.2, -0.15) is 0 Å². The molecule has 7 heteroatoms. The SMILES string of the molecule is COc1cc([N+](=O)[O-])ccc1NCc1cccc(Cl)c1O. The molecule has 0 aromatic heterocycles. The molecule has 0 radical (unpaired) electrons. The van der Waals surface area contributed by atoms with Gasteiger partial charge in [0.25, 0.3) is 5.69 Å². The number of anilines is 1. The monoisotopic (exact) mass is 308 g/mol. The van der Waals surface area contributed by atoms with Gasteiger partial charge in [-0.1, -0.05) is 23.7 Å². The van der Waals surface area contributed by atoms with Gasteiger partial charge < -0.3 is 15.2 Å². The number of methoxy groups -OCH3 is 1. The number of nitro groups is 1. The van der Waals surface area contributed by atoms with E-state index in [-0.39, 0.29) is 16.5 Å². The maximum absolute atomic E-state index is 10.7. The van der Waals surface area contributed by atoms with Crippen LogP contribution in [-0.2, 0) is 6.54 Å². The van der Waals surface area contributed by atoms with Gasteiger partial charge in [0.1, 0.15) is 11.5 Å². The molecule has 2 aromatic carbocycles. The number of ether oxygens (including phenoxy) is 1.